The van der Waals surface area contributed by atoms with Crippen LogP contribution in [0.25, 0.3) is 0 Å². The monoisotopic (exact) mass is 199 g/mol. The van der Waals surface area contributed by atoms with Gasteiger partial charge in [0.1, 0.15) is 5.41 Å². The van der Waals surface area contributed by atoms with Crippen molar-refractivity contribution < 1.29 is 9.59 Å². The second kappa shape index (κ2) is 3.57. The summed E-state index contributed by atoms with van der Waals surface area (Å²) in [5.41, 5.74) is 1.64. The molecule has 0 aromatic heterocycles. The largest absolute Gasteiger partial charge is 0.308 e. The highest BCUT2D eigenvalue weighted by atomic mass is 16.2. The number of amides is 2. The van der Waals surface area contributed by atoms with Crippen molar-refractivity contribution in [2.75, 3.05) is 27.7 Å². The summed E-state index contributed by atoms with van der Waals surface area (Å²) in [7, 11) is 5.29. The van der Waals surface area contributed by atoms with E-state index in [0.29, 0.717) is 13.0 Å². The van der Waals surface area contributed by atoms with Crippen LogP contribution in [0.4, 0.5) is 0 Å². The summed E-state index contributed by atoms with van der Waals surface area (Å²) in [5.74, 6) is -0.333. The van der Waals surface area contributed by atoms with Crippen molar-refractivity contribution in [3.63, 3.8) is 0 Å². The van der Waals surface area contributed by atoms with Crippen LogP contribution in [0, 0.1) is 5.41 Å². The molecule has 5 nitrogen and oxygen atoms in total. The van der Waals surface area contributed by atoms with Gasteiger partial charge in [0.25, 0.3) is 11.8 Å². The minimum absolute atomic E-state index is 0.140. The molecule has 2 amide bonds. The van der Waals surface area contributed by atoms with Gasteiger partial charge in [-0.1, -0.05) is 6.92 Å². The second-order valence-corrected chi connectivity index (χ2v) is 3.98. The third kappa shape index (κ3) is 1.48. The predicted molar refractivity (Wildman–Crippen MR) is 52.2 cm³/mol. The first-order valence-corrected chi connectivity index (χ1v) is 4.68. The Morgan fingerprint density at radius 1 is 1.43 bits per heavy atom. The molecule has 1 N–H and O–H groups in total. The first-order chi connectivity index (χ1) is 6.44. The molecule has 1 saturated heterocycles. The Hall–Kier alpha value is -1.10. The van der Waals surface area contributed by atoms with Gasteiger partial charge in [-0.15, -0.1) is 0 Å². The Kier molecular flexibility index (Phi) is 2.80. The SMILES string of the molecule is CCC1(CN(C)C)C(=O)NN(C)C1=O. The van der Waals surface area contributed by atoms with E-state index in [0.717, 1.165) is 0 Å². The fourth-order valence-electron chi connectivity index (χ4n) is 1.83. The number of rotatable bonds is 3. The summed E-state index contributed by atoms with van der Waals surface area (Å²) in [6.45, 7) is 2.32. The zero-order chi connectivity index (χ0) is 10.9. The molecule has 14 heavy (non-hydrogen) atoms. The lowest BCUT2D eigenvalue weighted by Crippen LogP contribution is -2.44. The van der Waals surface area contributed by atoms with Crippen molar-refractivity contribution in [3.05, 3.63) is 0 Å². The van der Waals surface area contributed by atoms with E-state index >= 15 is 0 Å². The maximum absolute atomic E-state index is 11.8. The van der Waals surface area contributed by atoms with Crippen molar-refractivity contribution in [3.8, 4) is 0 Å². The number of hydrazine groups is 1. The predicted octanol–water partition coefficient (Wildman–Crippen LogP) is -0.552. The first-order valence-electron chi connectivity index (χ1n) is 4.68. The van der Waals surface area contributed by atoms with E-state index in [1.54, 1.807) is 7.05 Å². The van der Waals surface area contributed by atoms with E-state index in [9.17, 15) is 9.59 Å². The Balaban J connectivity index is 2.97. The maximum Gasteiger partial charge on any atom is 0.257 e. The molecule has 1 aliphatic heterocycles. The minimum atomic E-state index is -0.891. The third-order valence-electron chi connectivity index (χ3n) is 2.61. The van der Waals surface area contributed by atoms with Crippen LogP contribution in [0.3, 0.4) is 0 Å². The zero-order valence-corrected chi connectivity index (χ0v) is 9.13. The van der Waals surface area contributed by atoms with Crippen molar-refractivity contribution in [1.82, 2.24) is 15.3 Å². The van der Waals surface area contributed by atoms with Gasteiger partial charge in [-0.3, -0.25) is 20.0 Å². The molecule has 1 atom stereocenters. The van der Waals surface area contributed by atoms with Gasteiger partial charge in [-0.25, -0.2) is 0 Å². The Morgan fingerprint density at radius 2 is 2.00 bits per heavy atom. The fourth-order valence-corrected chi connectivity index (χ4v) is 1.83. The molecule has 1 unspecified atom stereocenters. The van der Waals surface area contributed by atoms with Gasteiger partial charge in [0.05, 0.1) is 0 Å². The van der Waals surface area contributed by atoms with Crippen LogP contribution in [0.15, 0.2) is 0 Å². The van der Waals surface area contributed by atoms with Gasteiger partial charge in [0, 0.05) is 13.6 Å². The van der Waals surface area contributed by atoms with Gasteiger partial charge >= 0.3 is 0 Å². The number of carbonyl (C=O) groups excluding carboxylic acids is 2. The van der Waals surface area contributed by atoms with Crippen LogP contribution in [0.2, 0.25) is 0 Å². The molecule has 1 fully saturated rings. The topological polar surface area (TPSA) is 52.7 Å². The van der Waals surface area contributed by atoms with Gasteiger partial charge in [-0.05, 0) is 20.5 Å². The normalized spacial score (nSPS) is 27.4. The Labute approximate surface area is 84.0 Å². The molecule has 0 spiro atoms. The van der Waals surface area contributed by atoms with E-state index in [2.05, 4.69) is 5.43 Å². The summed E-state index contributed by atoms with van der Waals surface area (Å²) in [4.78, 5) is 25.4. The minimum Gasteiger partial charge on any atom is -0.308 e. The van der Waals surface area contributed by atoms with Crippen LogP contribution >= 0.6 is 0 Å². The van der Waals surface area contributed by atoms with Gasteiger partial charge in [0.2, 0.25) is 0 Å². The van der Waals surface area contributed by atoms with Gasteiger partial charge < -0.3 is 4.90 Å². The molecule has 5 heteroatoms. The highest BCUT2D eigenvalue weighted by Crippen LogP contribution is 2.29. The maximum atomic E-state index is 11.8. The standard InChI is InChI=1S/C9H17N3O2/c1-5-9(6-11(2)3)7(13)10-12(4)8(9)14/h5-6H2,1-4H3,(H,10,13). The molecule has 0 bridgehead atoms. The van der Waals surface area contributed by atoms with E-state index in [4.69, 9.17) is 0 Å². The van der Waals surface area contributed by atoms with E-state index in [1.807, 2.05) is 25.9 Å². The molecule has 1 heterocycles. The smallest absolute Gasteiger partial charge is 0.257 e. The lowest BCUT2D eigenvalue weighted by Gasteiger charge is -2.25. The molecule has 0 radical (unpaired) electrons. The fraction of sp³-hybridized carbons (Fsp3) is 0.778. The van der Waals surface area contributed by atoms with Crippen molar-refractivity contribution >= 4 is 11.8 Å². The van der Waals surface area contributed by atoms with E-state index < -0.39 is 5.41 Å². The molecule has 0 aliphatic carbocycles. The van der Waals surface area contributed by atoms with Crippen molar-refractivity contribution in [2.45, 2.75) is 13.3 Å². The number of hydrogen-bond acceptors (Lipinski definition) is 3. The van der Waals surface area contributed by atoms with Crippen LogP contribution in [0.5, 0.6) is 0 Å². The summed E-state index contributed by atoms with van der Waals surface area (Å²) in [6.07, 6.45) is 0.528. The summed E-state index contributed by atoms with van der Waals surface area (Å²) >= 11 is 0. The third-order valence-corrected chi connectivity index (χ3v) is 2.61. The van der Waals surface area contributed by atoms with Crippen molar-refractivity contribution in [1.29, 1.82) is 0 Å². The summed E-state index contributed by atoms with van der Waals surface area (Å²) in [5, 5.41) is 1.27. The molecular weight excluding hydrogens is 182 g/mol. The first kappa shape index (κ1) is 11.0. The van der Waals surface area contributed by atoms with Crippen LogP contribution in [-0.2, 0) is 9.59 Å². The van der Waals surface area contributed by atoms with Crippen LogP contribution in [0.1, 0.15) is 13.3 Å². The quantitative estimate of drug-likeness (QED) is 0.620. The molecule has 1 aliphatic rings. The Bertz CT molecular complexity index is 265. The van der Waals surface area contributed by atoms with Gasteiger partial charge in [0.15, 0.2) is 0 Å². The van der Waals surface area contributed by atoms with Crippen LogP contribution < -0.4 is 5.43 Å². The number of nitrogens with one attached hydrogen (secondary N) is 1. The molecule has 0 aromatic rings. The number of nitrogens with zero attached hydrogens (tertiary/aromatic N) is 2. The lowest BCUT2D eigenvalue weighted by atomic mass is 9.84. The second-order valence-electron chi connectivity index (χ2n) is 3.98. The van der Waals surface area contributed by atoms with Crippen LogP contribution in [-0.4, -0.2) is 49.4 Å². The molecule has 0 saturated carbocycles. The molecule has 1 rings (SSSR count). The van der Waals surface area contributed by atoms with E-state index in [1.165, 1.54) is 5.01 Å². The van der Waals surface area contributed by atoms with E-state index in [-0.39, 0.29) is 11.8 Å². The zero-order valence-electron chi connectivity index (χ0n) is 9.13. The molecular formula is C9H17N3O2. The summed E-state index contributed by atoms with van der Waals surface area (Å²) in [6, 6.07) is 0. The molecule has 80 valence electrons. The Morgan fingerprint density at radius 3 is 2.29 bits per heavy atom. The number of hydrogen-bond donors (Lipinski definition) is 1. The average molecular weight is 199 g/mol. The van der Waals surface area contributed by atoms with Gasteiger partial charge in [-0.2, -0.15) is 0 Å². The molecule has 0 aromatic carbocycles. The highest BCUT2D eigenvalue weighted by molar-refractivity contribution is 6.09. The summed E-state index contributed by atoms with van der Waals surface area (Å²) < 4.78 is 0. The average Bonchev–Trinajstić information content (AvgIpc) is 2.29. The number of carbonyl (C=O) groups is 2. The lowest BCUT2D eigenvalue weighted by molar-refractivity contribution is -0.139. The van der Waals surface area contributed by atoms with Crippen molar-refractivity contribution in [2.24, 2.45) is 5.41 Å². The highest BCUT2D eigenvalue weighted by Gasteiger charge is 2.52.